The Kier molecular flexibility index (Phi) is 3.68. The van der Waals surface area contributed by atoms with Crippen LogP contribution in [0.5, 0.6) is 0 Å². The lowest BCUT2D eigenvalue weighted by Gasteiger charge is -2.32. The van der Waals surface area contributed by atoms with Gasteiger partial charge in [-0.1, -0.05) is 42.0 Å². The molecule has 0 bridgehead atoms. The molecule has 0 radical (unpaired) electrons. The minimum atomic E-state index is -0.314. The van der Waals surface area contributed by atoms with Crippen LogP contribution < -0.4 is 4.90 Å². The highest BCUT2D eigenvalue weighted by Gasteiger charge is 2.42. The van der Waals surface area contributed by atoms with Crippen LogP contribution in [-0.2, 0) is 14.3 Å². The molecule has 0 aromatic heterocycles. The molecular formula is C21H19NO3. The first-order chi connectivity index (χ1) is 12.0. The lowest BCUT2D eigenvalue weighted by molar-refractivity contribution is -0.136. The molecule has 0 saturated carbocycles. The standard InChI is InChI=1S/C21H19NO3/c1-13-6-8-15(9-7-13)17-11-19(23)22(16-5-3-4-14(2)10-16)18-12-25-21(24)20(17)18/h3-10,17H,11-12H2,1-2H3/t17-/m0/s1. The van der Waals surface area contributed by atoms with Gasteiger partial charge in [0.25, 0.3) is 0 Å². The zero-order valence-electron chi connectivity index (χ0n) is 14.3. The van der Waals surface area contributed by atoms with Crippen LogP contribution in [0.15, 0.2) is 59.8 Å². The third-order valence-corrected chi connectivity index (χ3v) is 4.86. The van der Waals surface area contributed by atoms with Gasteiger partial charge in [-0.05, 0) is 37.1 Å². The maximum absolute atomic E-state index is 12.9. The molecule has 0 saturated heterocycles. The van der Waals surface area contributed by atoms with Crippen molar-refractivity contribution in [1.29, 1.82) is 0 Å². The van der Waals surface area contributed by atoms with Gasteiger partial charge in [-0.2, -0.15) is 0 Å². The molecule has 4 nitrogen and oxygen atoms in total. The second kappa shape index (κ2) is 5.88. The van der Waals surface area contributed by atoms with E-state index in [0.29, 0.717) is 11.3 Å². The predicted molar refractivity (Wildman–Crippen MR) is 95.2 cm³/mol. The number of benzene rings is 2. The average molecular weight is 333 g/mol. The van der Waals surface area contributed by atoms with E-state index in [-0.39, 0.29) is 30.8 Å². The second-order valence-corrected chi connectivity index (χ2v) is 6.67. The maximum atomic E-state index is 12.9. The molecule has 0 aliphatic carbocycles. The van der Waals surface area contributed by atoms with E-state index in [9.17, 15) is 9.59 Å². The van der Waals surface area contributed by atoms with Crippen LogP contribution in [0.2, 0.25) is 0 Å². The van der Waals surface area contributed by atoms with Gasteiger partial charge in [0.15, 0.2) is 0 Å². The lowest BCUT2D eigenvalue weighted by Crippen LogP contribution is -2.37. The summed E-state index contributed by atoms with van der Waals surface area (Å²) in [5, 5.41) is 0. The van der Waals surface area contributed by atoms with Crippen molar-refractivity contribution in [2.24, 2.45) is 0 Å². The molecule has 25 heavy (non-hydrogen) atoms. The van der Waals surface area contributed by atoms with Gasteiger partial charge in [0, 0.05) is 18.0 Å². The number of hydrogen-bond acceptors (Lipinski definition) is 3. The molecule has 0 fully saturated rings. The number of cyclic esters (lactones) is 1. The van der Waals surface area contributed by atoms with E-state index in [2.05, 4.69) is 0 Å². The van der Waals surface area contributed by atoms with Crippen LogP contribution in [0.1, 0.15) is 29.0 Å². The number of esters is 1. The van der Waals surface area contributed by atoms with Crippen LogP contribution in [0.3, 0.4) is 0 Å². The van der Waals surface area contributed by atoms with Crippen LogP contribution in [0, 0.1) is 13.8 Å². The van der Waals surface area contributed by atoms with E-state index in [1.165, 1.54) is 0 Å². The van der Waals surface area contributed by atoms with E-state index >= 15 is 0 Å². The maximum Gasteiger partial charge on any atom is 0.336 e. The van der Waals surface area contributed by atoms with Crippen LogP contribution in [0.25, 0.3) is 0 Å². The highest BCUT2D eigenvalue weighted by molar-refractivity contribution is 6.06. The van der Waals surface area contributed by atoms with Gasteiger partial charge in [-0.15, -0.1) is 0 Å². The van der Waals surface area contributed by atoms with Crippen LogP contribution in [-0.4, -0.2) is 18.5 Å². The van der Waals surface area contributed by atoms with E-state index in [4.69, 9.17) is 4.74 Å². The zero-order valence-corrected chi connectivity index (χ0v) is 14.3. The molecule has 2 heterocycles. The summed E-state index contributed by atoms with van der Waals surface area (Å²) in [6.07, 6.45) is 0.269. The topological polar surface area (TPSA) is 46.6 Å². The number of hydrogen-bond donors (Lipinski definition) is 0. The fourth-order valence-electron chi connectivity index (χ4n) is 3.60. The van der Waals surface area contributed by atoms with Crippen LogP contribution in [0.4, 0.5) is 5.69 Å². The Morgan fingerprint density at radius 1 is 1.00 bits per heavy atom. The van der Waals surface area contributed by atoms with Crippen molar-refractivity contribution in [3.8, 4) is 0 Å². The van der Waals surface area contributed by atoms with E-state index in [1.807, 2.05) is 62.4 Å². The zero-order chi connectivity index (χ0) is 17.6. The summed E-state index contributed by atoms with van der Waals surface area (Å²) < 4.78 is 5.30. The van der Waals surface area contributed by atoms with Crippen molar-refractivity contribution >= 4 is 17.6 Å². The summed E-state index contributed by atoms with van der Waals surface area (Å²) in [7, 11) is 0. The van der Waals surface area contributed by atoms with Gasteiger partial charge in [-0.25, -0.2) is 4.79 Å². The summed E-state index contributed by atoms with van der Waals surface area (Å²) in [4.78, 5) is 27.0. The largest absolute Gasteiger partial charge is 0.456 e. The van der Waals surface area contributed by atoms with Crippen LogP contribution >= 0.6 is 0 Å². The molecule has 0 spiro atoms. The minimum absolute atomic E-state index is 0.00627. The molecule has 126 valence electrons. The van der Waals surface area contributed by atoms with E-state index in [1.54, 1.807) is 4.90 Å². The number of aryl methyl sites for hydroxylation is 2. The molecule has 4 heteroatoms. The number of carbonyl (C=O) groups excluding carboxylic acids is 2. The molecule has 0 unspecified atom stereocenters. The first kappa shape index (κ1) is 15.6. The molecule has 4 rings (SSSR count). The summed E-state index contributed by atoms with van der Waals surface area (Å²) in [5.41, 5.74) is 5.28. The third-order valence-electron chi connectivity index (χ3n) is 4.86. The number of amides is 1. The number of nitrogens with zero attached hydrogens (tertiary/aromatic N) is 1. The Bertz CT molecular complexity index is 896. The van der Waals surface area contributed by atoms with Crippen molar-refractivity contribution in [2.75, 3.05) is 11.5 Å². The average Bonchev–Trinajstić information content (AvgIpc) is 2.96. The molecular weight excluding hydrogens is 314 g/mol. The van der Waals surface area contributed by atoms with Gasteiger partial charge in [-0.3, -0.25) is 9.69 Å². The Labute approximate surface area is 146 Å². The Morgan fingerprint density at radius 2 is 1.76 bits per heavy atom. The first-order valence-corrected chi connectivity index (χ1v) is 8.41. The Balaban J connectivity index is 1.83. The van der Waals surface area contributed by atoms with E-state index in [0.717, 1.165) is 22.4 Å². The summed E-state index contributed by atoms with van der Waals surface area (Å²) in [6.45, 7) is 4.15. The van der Waals surface area contributed by atoms with Gasteiger partial charge >= 0.3 is 5.97 Å². The molecule has 1 atom stereocenters. The van der Waals surface area contributed by atoms with Crippen molar-refractivity contribution in [2.45, 2.75) is 26.2 Å². The normalized spacial score (nSPS) is 19.9. The first-order valence-electron chi connectivity index (χ1n) is 8.41. The highest BCUT2D eigenvalue weighted by Crippen LogP contribution is 2.41. The number of rotatable bonds is 2. The summed E-state index contributed by atoms with van der Waals surface area (Å²) in [5.74, 6) is -0.557. The van der Waals surface area contributed by atoms with E-state index < -0.39 is 0 Å². The summed E-state index contributed by atoms with van der Waals surface area (Å²) in [6, 6.07) is 15.8. The van der Waals surface area contributed by atoms with Gasteiger partial charge in [0.05, 0.1) is 11.3 Å². The third kappa shape index (κ3) is 2.64. The quantitative estimate of drug-likeness (QED) is 0.788. The summed E-state index contributed by atoms with van der Waals surface area (Å²) >= 11 is 0. The molecule has 2 aliphatic rings. The van der Waals surface area contributed by atoms with Crippen molar-refractivity contribution < 1.29 is 14.3 Å². The van der Waals surface area contributed by atoms with Gasteiger partial charge in [0.1, 0.15) is 6.61 Å². The Hall–Kier alpha value is -2.88. The Morgan fingerprint density at radius 3 is 2.48 bits per heavy atom. The van der Waals surface area contributed by atoms with Gasteiger partial charge in [0.2, 0.25) is 5.91 Å². The predicted octanol–water partition coefficient (Wildman–Crippen LogP) is 3.63. The highest BCUT2D eigenvalue weighted by atomic mass is 16.5. The number of anilines is 1. The minimum Gasteiger partial charge on any atom is -0.456 e. The lowest BCUT2D eigenvalue weighted by atomic mass is 9.84. The molecule has 2 aromatic carbocycles. The van der Waals surface area contributed by atoms with Crippen molar-refractivity contribution in [3.05, 3.63) is 76.5 Å². The van der Waals surface area contributed by atoms with Crippen molar-refractivity contribution in [1.82, 2.24) is 0 Å². The smallest absolute Gasteiger partial charge is 0.336 e. The molecule has 2 aromatic rings. The molecule has 1 amide bonds. The second-order valence-electron chi connectivity index (χ2n) is 6.67. The molecule has 0 N–H and O–H groups in total. The fourth-order valence-corrected chi connectivity index (χ4v) is 3.60. The monoisotopic (exact) mass is 333 g/mol. The van der Waals surface area contributed by atoms with Gasteiger partial charge < -0.3 is 4.74 Å². The fraction of sp³-hybridized carbons (Fsp3) is 0.238. The van der Waals surface area contributed by atoms with Crippen molar-refractivity contribution in [3.63, 3.8) is 0 Å². The number of ether oxygens (including phenoxy) is 1. The SMILES string of the molecule is Cc1ccc([C@@H]2CC(=O)N(c3cccc(C)c3)C3=C2C(=O)OC3)cc1. The molecule has 2 aliphatic heterocycles. The number of carbonyl (C=O) groups is 2.